The number of carbonyl (C=O) groups is 1. The van der Waals surface area contributed by atoms with Crippen LogP contribution in [0, 0.1) is 11.8 Å². The number of amides is 1. The van der Waals surface area contributed by atoms with Crippen LogP contribution >= 0.6 is 0 Å². The van der Waals surface area contributed by atoms with Crippen LogP contribution in [0.3, 0.4) is 0 Å². The highest BCUT2D eigenvalue weighted by atomic mass is 16.6. The van der Waals surface area contributed by atoms with E-state index in [9.17, 15) is 9.90 Å². The summed E-state index contributed by atoms with van der Waals surface area (Å²) in [5.41, 5.74) is -0.564. The van der Waals surface area contributed by atoms with E-state index < -0.39 is 11.7 Å². The van der Waals surface area contributed by atoms with Crippen molar-refractivity contribution < 1.29 is 19.1 Å². The van der Waals surface area contributed by atoms with Gasteiger partial charge >= 0.3 is 6.09 Å². The van der Waals surface area contributed by atoms with Crippen molar-refractivity contribution in [2.24, 2.45) is 11.8 Å². The van der Waals surface area contributed by atoms with Gasteiger partial charge in [-0.15, -0.1) is 0 Å². The Morgan fingerprint density at radius 2 is 1.89 bits per heavy atom. The Morgan fingerprint density at radius 3 is 2.41 bits per heavy atom. The van der Waals surface area contributed by atoms with Crippen LogP contribution < -0.4 is 10.6 Å². The van der Waals surface area contributed by atoms with Crippen LogP contribution in [0.15, 0.2) is 10.6 Å². The third kappa shape index (κ3) is 7.89. The molecule has 0 fully saturated rings. The minimum atomic E-state index is -0.564. The fourth-order valence-corrected chi connectivity index (χ4v) is 2.63. The summed E-state index contributed by atoms with van der Waals surface area (Å²) in [6.45, 7) is 14.3. The highest BCUT2D eigenvalue weighted by Gasteiger charge is 2.27. The van der Waals surface area contributed by atoms with Crippen molar-refractivity contribution in [2.75, 3.05) is 6.61 Å². The molecule has 156 valence electrons. The zero-order chi connectivity index (χ0) is 20.6. The number of nitrogens with one attached hydrogen (secondary N) is 2. The molecule has 0 saturated carbocycles. The Balaban J connectivity index is 2.80. The molecule has 4 atom stereocenters. The molecule has 1 heterocycles. The molecule has 0 aromatic carbocycles. The van der Waals surface area contributed by atoms with Gasteiger partial charge in [0, 0.05) is 6.04 Å². The summed E-state index contributed by atoms with van der Waals surface area (Å²) in [6, 6.07) is -0.351. The fourth-order valence-electron chi connectivity index (χ4n) is 2.63. The van der Waals surface area contributed by atoms with Crippen molar-refractivity contribution >= 4 is 6.09 Å². The molecule has 0 aliphatic carbocycles. The molecule has 27 heavy (non-hydrogen) atoms. The van der Waals surface area contributed by atoms with Crippen LogP contribution in [0.4, 0.5) is 4.79 Å². The van der Waals surface area contributed by atoms with Crippen LogP contribution in [0.1, 0.15) is 79.0 Å². The van der Waals surface area contributed by atoms with Gasteiger partial charge in [-0.05, 0) is 32.6 Å². The molecule has 0 spiro atoms. The Bertz CT molecular complexity index is 568. The molecular weight excluding hydrogens is 346 g/mol. The second-order valence-electron chi connectivity index (χ2n) is 8.23. The number of aliphatic hydroxyl groups is 1. The molecule has 1 amide bonds. The zero-order valence-corrected chi connectivity index (χ0v) is 17.8. The highest BCUT2D eigenvalue weighted by Crippen LogP contribution is 2.25. The van der Waals surface area contributed by atoms with Gasteiger partial charge in [0.15, 0.2) is 0 Å². The van der Waals surface area contributed by atoms with E-state index >= 15 is 0 Å². The van der Waals surface area contributed by atoms with E-state index in [4.69, 9.17) is 9.15 Å². The SMILES string of the molecule is CC[C@H](C)[C@H](NC(=O)OC(C)(C)C)c1ncc(CN[C@H](CO)[C@@H](C)CC)o1. The van der Waals surface area contributed by atoms with Crippen molar-refractivity contribution in [3.8, 4) is 0 Å². The summed E-state index contributed by atoms with van der Waals surface area (Å²) in [5.74, 6) is 1.64. The number of nitrogens with zero attached hydrogens (tertiary/aromatic N) is 1. The summed E-state index contributed by atoms with van der Waals surface area (Å²) < 4.78 is 11.2. The third-order valence-electron chi connectivity index (χ3n) is 4.79. The summed E-state index contributed by atoms with van der Waals surface area (Å²) in [6.07, 6.45) is 3.02. The van der Waals surface area contributed by atoms with Crippen LogP contribution in [0.25, 0.3) is 0 Å². The van der Waals surface area contributed by atoms with Crippen molar-refractivity contribution in [2.45, 2.75) is 85.5 Å². The maximum atomic E-state index is 12.2. The average molecular weight is 384 g/mol. The van der Waals surface area contributed by atoms with Gasteiger partial charge in [-0.2, -0.15) is 0 Å². The van der Waals surface area contributed by atoms with Gasteiger partial charge in [-0.3, -0.25) is 0 Å². The minimum Gasteiger partial charge on any atom is -0.444 e. The Labute approximate surface area is 163 Å². The lowest BCUT2D eigenvalue weighted by Gasteiger charge is -2.25. The number of carbonyl (C=O) groups excluding carboxylic acids is 1. The van der Waals surface area contributed by atoms with Crippen LogP contribution in [0.2, 0.25) is 0 Å². The molecule has 0 aliphatic heterocycles. The first-order valence-corrected chi connectivity index (χ1v) is 9.89. The standard InChI is InChI=1S/C20H37N3O4/c1-8-13(3)16(12-24)21-10-15-11-22-18(26-15)17(14(4)9-2)23-19(25)27-20(5,6)7/h11,13-14,16-17,21,24H,8-10,12H2,1-7H3,(H,23,25)/t13-,14-,16+,17-/m0/s1. The van der Waals surface area contributed by atoms with Gasteiger partial charge in [0.05, 0.1) is 19.3 Å². The average Bonchev–Trinajstić information content (AvgIpc) is 3.06. The van der Waals surface area contributed by atoms with Gasteiger partial charge in [0.25, 0.3) is 0 Å². The first-order valence-electron chi connectivity index (χ1n) is 9.89. The van der Waals surface area contributed by atoms with E-state index in [1.807, 2.05) is 27.7 Å². The Kier molecular flexibility index (Phi) is 9.26. The number of aliphatic hydroxyl groups excluding tert-OH is 1. The number of ether oxygens (including phenoxy) is 1. The first-order chi connectivity index (χ1) is 12.6. The lowest BCUT2D eigenvalue weighted by Crippen LogP contribution is -2.37. The van der Waals surface area contributed by atoms with E-state index in [1.54, 1.807) is 6.20 Å². The van der Waals surface area contributed by atoms with Gasteiger partial charge in [0.2, 0.25) is 5.89 Å². The predicted molar refractivity (Wildman–Crippen MR) is 105 cm³/mol. The second kappa shape index (κ2) is 10.7. The van der Waals surface area contributed by atoms with Crippen molar-refractivity contribution in [3.05, 3.63) is 17.8 Å². The zero-order valence-electron chi connectivity index (χ0n) is 17.8. The number of aromatic nitrogens is 1. The van der Waals surface area contributed by atoms with Crippen molar-refractivity contribution in [1.29, 1.82) is 0 Å². The van der Waals surface area contributed by atoms with Gasteiger partial charge in [-0.25, -0.2) is 9.78 Å². The molecule has 7 nitrogen and oxygen atoms in total. The number of hydrogen-bond donors (Lipinski definition) is 3. The van der Waals surface area contributed by atoms with Gasteiger partial charge in [-0.1, -0.05) is 40.5 Å². The van der Waals surface area contributed by atoms with E-state index in [1.165, 1.54) is 0 Å². The molecular formula is C20H37N3O4. The van der Waals surface area contributed by atoms with Crippen molar-refractivity contribution in [3.63, 3.8) is 0 Å². The molecule has 3 N–H and O–H groups in total. The maximum Gasteiger partial charge on any atom is 0.408 e. The topological polar surface area (TPSA) is 96.6 Å². The molecule has 0 saturated heterocycles. The molecule has 0 bridgehead atoms. The Morgan fingerprint density at radius 1 is 1.26 bits per heavy atom. The molecule has 0 radical (unpaired) electrons. The molecule has 7 heteroatoms. The summed E-state index contributed by atoms with van der Waals surface area (Å²) in [5, 5.41) is 15.7. The van der Waals surface area contributed by atoms with E-state index in [0.29, 0.717) is 24.1 Å². The number of hydrogen-bond acceptors (Lipinski definition) is 6. The van der Waals surface area contributed by atoms with Gasteiger partial charge < -0.3 is 24.9 Å². The lowest BCUT2D eigenvalue weighted by molar-refractivity contribution is 0.0474. The van der Waals surface area contributed by atoms with Gasteiger partial charge in [0.1, 0.15) is 17.4 Å². The summed E-state index contributed by atoms with van der Waals surface area (Å²) in [4.78, 5) is 16.6. The third-order valence-corrected chi connectivity index (χ3v) is 4.79. The molecule has 1 aromatic heterocycles. The lowest BCUT2D eigenvalue weighted by atomic mass is 9.99. The normalized spacial score (nSPS) is 16.4. The van der Waals surface area contributed by atoms with Crippen LogP contribution in [-0.2, 0) is 11.3 Å². The maximum absolute atomic E-state index is 12.2. The Hall–Kier alpha value is -1.60. The fraction of sp³-hybridized carbons (Fsp3) is 0.800. The molecule has 1 aromatic rings. The number of alkyl carbamates (subject to hydrolysis) is 1. The smallest absolute Gasteiger partial charge is 0.408 e. The predicted octanol–water partition coefficient (Wildman–Crippen LogP) is 3.78. The molecule has 0 unspecified atom stereocenters. The van der Waals surface area contributed by atoms with E-state index in [2.05, 4.69) is 36.4 Å². The number of oxazole rings is 1. The van der Waals surface area contributed by atoms with Crippen LogP contribution in [0.5, 0.6) is 0 Å². The quantitative estimate of drug-likeness (QED) is 0.569. The van der Waals surface area contributed by atoms with E-state index in [0.717, 1.165) is 12.8 Å². The molecule has 1 rings (SSSR count). The van der Waals surface area contributed by atoms with E-state index in [-0.39, 0.29) is 24.6 Å². The van der Waals surface area contributed by atoms with Crippen molar-refractivity contribution in [1.82, 2.24) is 15.6 Å². The largest absolute Gasteiger partial charge is 0.444 e. The monoisotopic (exact) mass is 383 g/mol. The number of rotatable bonds is 10. The van der Waals surface area contributed by atoms with Crippen LogP contribution in [-0.4, -0.2) is 34.4 Å². The summed E-state index contributed by atoms with van der Waals surface area (Å²) in [7, 11) is 0. The minimum absolute atomic E-state index is 0.00815. The summed E-state index contributed by atoms with van der Waals surface area (Å²) >= 11 is 0. The second-order valence-corrected chi connectivity index (χ2v) is 8.23. The molecule has 0 aliphatic rings. The highest BCUT2D eigenvalue weighted by molar-refractivity contribution is 5.68. The first kappa shape index (κ1) is 23.4.